The zero-order valence-electron chi connectivity index (χ0n) is 11.6. The number of aliphatic hydroxyl groups excluding tert-OH is 1. The number of aliphatic hydroxyl groups is 1. The summed E-state index contributed by atoms with van der Waals surface area (Å²) < 4.78 is 0. The molecule has 1 saturated carbocycles. The van der Waals surface area contributed by atoms with Crippen LogP contribution in [0.5, 0.6) is 0 Å². The van der Waals surface area contributed by atoms with E-state index in [-0.39, 0.29) is 12.0 Å². The van der Waals surface area contributed by atoms with Gasteiger partial charge in [0.05, 0.1) is 12.2 Å². The third kappa shape index (κ3) is 5.08. The zero-order valence-corrected chi connectivity index (χ0v) is 11.6. The van der Waals surface area contributed by atoms with Crippen molar-refractivity contribution in [2.75, 3.05) is 0 Å². The Bertz CT molecular complexity index is 261. The fourth-order valence-electron chi connectivity index (χ4n) is 2.82. The maximum Gasteiger partial charge on any atom is 0.0655 e. The topological polar surface area (TPSA) is 44.0 Å². The van der Waals surface area contributed by atoms with E-state index in [2.05, 4.69) is 26.8 Å². The monoisotopic (exact) mass is 237 g/mol. The van der Waals surface area contributed by atoms with E-state index in [9.17, 15) is 5.11 Å². The summed E-state index contributed by atoms with van der Waals surface area (Å²) in [7, 11) is 0. The Morgan fingerprint density at radius 1 is 1.00 bits per heavy atom. The van der Waals surface area contributed by atoms with Gasteiger partial charge in [-0.05, 0) is 49.9 Å². The number of rotatable bonds is 0. The molecule has 0 bridgehead atoms. The Morgan fingerprint density at radius 2 is 1.65 bits per heavy atom. The van der Waals surface area contributed by atoms with Crippen LogP contribution < -0.4 is 0 Å². The summed E-state index contributed by atoms with van der Waals surface area (Å²) in [6, 6.07) is 2.40. The highest BCUT2D eigenvalue weighted by atomic mass is 16.3. The highest BCUT2D eigenvalue weighted by molar-refractivity contribution is 4.86. The van der Waals surface area contributed by atoms with Gasteiger partial charge in [0.1, 0.15) is 0 Å². The minimum atomic E-state index is -0.190. The van der Waals surface area contributed by atoms with Crippen molar-refractivity contribution in [1.29, 1.82) is 5.26 Å². The van der Waals surface area contributed by atoms with Gasteiger partial charge < -0.3 is 5.11 Å². The summed E-state index contributed by atoms with van der Waals surface area (Å²) in [5.74, 6) is 0.830. The minimum absolute atomic E-state index is 0.146. The maximum absolute atomic E-state index is 9.82. The van der Waals surface area contributed by atoms with E-state index in [0.717, 1.165) is 38.5 Å². The molecule has 0 aromatic heterocycles. The van der Waals surface area contributed by atoms with Crippen molar-refractivity contribution in [1.82, 2.24) is 0 Å². The molecule has 3 unspecified atom stereocenters. The van der Waals surface area contributed by atoms with Crippen molar-refractivity contribution in [3.63, 3.8) is 0 Å². The molecule has 0 amide bonds. The molecular formula is C15H27NO. The second kappa shape index (κ2) is 6.40. The molecule has 1 fully saturated rings. The van der Waals surface area contributed by atoms with E-state index in [0.29, 0.717) is 11.3 Å². The largest absolute Gasteiger partial charge is 0.393 e. The van der Waals surface area contributed by atoms with Crippen molar-refractivity contribution < 1.29 is 5.11 Å². The van der Waals surface area contributed by atoms with Crippen molar-refractivity contribution in [3.05, 3.63) is 0 Å². The molecule has 1 rings (SSSR count). The Morgan fingerprint density at radius 3 is 2.24 bits per heavy atom. The van der Waals surface area contributed by atoms with Gasteiger partial charge in [0.15, 0.2) is 0 Å². The summed E-state index contributed by atoms with van der Waals surface area (Å²) in [5.41, 5.74) is 0.324. The standard InChI is InChI=1S/C15H27NO/c1-15(2,3)13-5-4-6-14(17)10-8-12(11-16)7-9-13/h12-14,17H,4-10H2,1-3H3. The van der Waals surface area contributed by atoms with Crippen molar-refractivity contribution in [2.45, 2.75) is 71.8 Å². The maximum atomic E-state index is 9.82. The van der Waals surface area contributed by atoms with Crippen LogP contribution in [0.4, 0.5) is 0 Å². The average molecular weight is 237 g/mol. The molecule has 1 aliphatic rings. The summed E-state index contributed by atoms with van der Waals surface area (Å²) in [5, 5.41) is 18.9. The van der Waals surface area contributed by atoms with Crippen LogP contribution in [0.15, 0.2) is 0 Å². The molecule has 1 aliphatic carbocycles. The van der Waals surface area contributed by atoms with Crippen molar-refractivity contribution in [2.24, 2.45) is 17.3 Å². The van der Waals surface area contributed by atoms with E-state index in [1.807, 2.05) is 0 Å². The second-order valence-electron chi connectivity index (χ2n) is 6.63. The molecule has 0 spiro atoms. The summed E-state index contributed by atoms with van der Waals surface area (Å²) >= 11 is 0. The van der Waals surface area contributed by atoms with Gasteiger partial charge in [0.2, 0.25) is 0 Å². The summed E-state index contributed by atoms with van der Waals surface area (Å²) in [4.78, 5) is 0. The van der Waals surface area contributed by atoms with Gasteiger partial charge in [-0.15, -0.1) is 0 Å². The Hall–Kier alpha value is -0.550. The van der Waals surface area contributed by atoms with Gasteiger partial charge in [0.25, 0.3) is 0 Å². The lowest BCUT2D eigenvalue weighted by molar-refractivity contribution is 0.123. The molecule has 0 heterocycles. The normalized spacial score (nSPS) is 32.8. The molecule has 0 radical (unpaired) electrons. The quantitative estimate of drug-likeness (QED) is 0.694. The molecule has 2 nitrogen and oxygen atoms in total. The molecule has 98 valence electrons. The van der Waals surface area contributed by atoms with Crippen LogP contribution in [-0.2, 0) is 0 Å². The lowest BCUT2D eigenvalue weighted by atomic mass is 9.73. The first kappa shape index (κ1) is 14.5. The van der Waals surface area contributed by atoms with Crippen LogP contribution >= 0.6 is 0 Å². The van der Waals surface area contributed by atoms with Crippen LogP contribution in [0.3, 0.4) is 0 Å². The van der Waals surface area contributed by atoms with Gasteiger partial charge in [-0.25, -0.2) is 0 Å². The number of hydrogen-bond donors (Lipinski definition) is 1. The fourth-order valence-corrected chi connectivity index (χ4v) is 2.82. The molecule has 0 aromatic carbocycles. The summed E-state index contributed by atoms with van der Waals surface area (Å²) in [6.07, 6.45) is 6.88. The van der Waals surface area contributed by atoms with Crippen LogP contribution in [0.2, 0.25) is 0 Å². The molecule has 17 heavy (non-hydrogen) atoms. The van der Waals surface area contributed by atoms with Gasteiger partial charge in [-0.2, -0.15) is 5.26 Å². The predicted molar refractivity (Wildman–Crippen MR) is 70.4 cm³/mol. The lowest BCUT2D eigenvalue weighted by Crippen LogP contribution is -2.23. The molecule has 2 heteroatoms. The van der Waals surface area contributed by atoms with Gasteiger partial charge >= 0.3 is 0 Å². The third-order valence-corrected chi connectivity index (χ3v) is 4.21. The third-order valence-electron chi connectivity index (χ3n) is 4.21. The second-order valence-corrected chi connectivity index (χ2v) is 6.63. The van der Waals surface area contributed by atoms with E-state index < -0.39 is 0 Å². The number of nitriles is 1. The Balaban J connectivity index is 2.62. The SMILES string of the molecule is CC(C)(C)C1CCCC(O)CCC(C#N)CC1. The summed E-state index contributed by atoms with van der Waals surface area (Å²) in [6.45, 7) is 6.88. The van der Waals surface area contributed by atoms with Crippen LogP contribution in [0.1, 0.15) is 65.7 Å². The van der Waals surface area contributed by atoms with Gasteiger partial charge in [0, 0.05) is 5.92 Å². The molecule has 0 aromatic rings. The highest BCUT2D eigenvalue weighted by Crippen LogP contribution is 2.36. The van der Waals surface area contributed by atoms with Crippen LogP contribution in [0.25, 0.3) is 0 Å². The van der Waals surface area contributed by atoms with Crippen molar-refractivity contribution >= 4 is 0 Å². The number of nitrogens with zero attached hydrogens (tertiary/aromatic N) is 1. The number of hydrogen-bond acceptors (Lipinski definition) is 2. The smallest absolute Gasteiger partial charge is 0.0655 e. The first-order chi connectivity index (χ1) is 7.93. The van der Waals surface area contributed by atoms with E-state index in [1.54, 1.807) is 0 Å². The molecule has 0 saturated heterocycles. The van der Waals surface area contributed by atoms with Crippen LogP contribution in [-0.4, -0.2) is 11.2 Å². The van der Waals surface area contributed by atoms with Gasteiger partial charge in [-0.3, -0.25) is 0 Å². The molecule has 1 N–H and O–H groups in total. The highest BCUT2D eigenvalue weighted by Gasteiger charge is 2.26. The van der Waals surface area contributed by atoms with Crippen LogP contribution in [0, 0.1) is 28.6 Å². The zero-order chi connectivity index (χ0) is 12.9. The fraction of sp³-hybridized carbons (Fsp3) is 0.933. The van der Waals surface area contributed by atoms with Gasteiger partial charge in [-0.1, -0.05) is 27.2 Å². The van der Waals surface area contributed by atoms with Crippen molar-refractivity contribution in [3.8, 4) is 6.07 Å². The minimum Gasteiger partial charge on any atom is -0.393 e. The predicted octanol–water partition coefficient (Wildman–Crippen LogP) is 3.89. The first-order valence-corrected chi connectivity index (χ1v) is 7.01. The average Bonchev–Trinajstić information content (AvgIpc) is 2.25. The molecule has 3 atom stereocenters. The van der Waals surface area contributed by atoms with E-state index >= 15 is 0 Å². The Labute approximate surface area is 106 Å². The van der Waals surface area contributed by atoms with E-state index in [4.69, 9.17) is 5.26 Å². The Kier molecular flexibility index (Phi) is 5.46. The molecular weight excluding hydrogens is 210 g/mol. The molecule has 0 aliphatic heterocycles. The lowest BCUT2D eigenvalue weighted by Gasteiger charge is -2.32. The first-order valence-electron chi connectivity index (χ1n) is 7.01. The van der Waals surface area contributed by atoms with E-state index in [1.165, 1.54) is 6.42 Å².